The fourth-order valence-corrected chi connectivity index (χ4v) is 0.289. The van der Waals surface area contributed by atoms with Crippen molar-refractivity contribution in [3.05, 3.63) is 25.5 Å². The van der Waals surface area contributed by atoms with Gasteiger partial charge in [-0.3, -0.25) is 0 Å². The minimum atomic E-state index is 0.289. The van der Waals surface area contributed by atoms with E-state index in [4.69, 9.17) is 5.11 Å². The van der Waals surface area contributed by atoms with Gasteiger partial charge in [0.15, 0.2) is 0 Å². The molecule has 0 atom stereocenters. The van der Waals surface area contributed by atoms with Gasteiger partial charge in [-0.15, -0.1) is 13.2 Å². The predicted octanol–water partition coefficient (Wildman–Crippen LogP) is 2.66. The van der Waals surface area contributed by atoms with Crippen LogP contribution in [-0.2, 0) is 0 Å². The first kappa shape index (κ1) is 10.3. The Hall–Kier alpha value is -0.720. The molecule has 0 aromatic heterocycles. The van der Waals surface area contributed by atoms with Crippen molar-refractivity contribution in [2.45, 2.75) is 19.8 Å². The van der Waals surface area contributed by atoms with E-state index < -0.39 is 0 Å². The number of aliphatic hydroxyl groups excluding tert-OH is 1. The van der Waals surface area contributed by atoms with Crippen LogP contribution in [0.2, 0.25) is 0 Å². The largest absolute Gasteiger partial charge is 0.513 e. The van der Waals surface area contributed by atoms with E-state index in [1.807, 2.05) is 6.92 Å². The van der Waals surface area contributed by atoms with E-state index in [0.717, 1.165) is 12.8 Å². The van der Waals surface area contributed by atoms with Crippen LogP contribution in [0.15, 0.2) is 25.5 Å². The lowest BCUT2D eigenvalue weighted by molar-refractivity contribution is 0.389. The minimum Gasteiger partial charge on any atom is -0.513 e. The molecule has 0 radical (unpaired) electrons. The zero-order valence-electron chi connectivity index (χ0n) is 5.48. The van der Waals surface area contributed by atoms with Gasteiger partial charge >= 0.3 is 0 Å². The molecule has 1 nitrogen and oxygen atoms in total. The van der Waals surface area contributed by atoms with Crippen LogP contribution in [0.4, 0.5) is 0 Å². The maximum Gasteiger partial charge on any atom is 0.0850 e. The lowest BCUT2D eigenvalue weighted by Gasteiger charge is -1.86. The zero-order valence-corrected chi connectivity index (χ0v) is 5.48. The van der Waals surface area contributed by atoms with E-state index in [-0.39, 0.29) is 5.76 Å². The molecular weight excluding hydrogens is 100 g/mol. The summed E-state index contributed by atoms with van der Waals surface area (Å²) in [5.74, 6) is 0.289. The molecule has 0 aromatic carbocycles. The first-order chi connectivity index (χ1) is 3.77. The minimum absolute atomic E-state index is 0.289. The van der Waals surface area contributed by atoms with Crippen molar-refractivity contribution < 1.29 is 5.11 Å². The summed E-state index contributed by atoms with van der Waals surface area (Å²) in [4.78, 5) is 0. The Morgan fingerprint density at radius 1 is 1.50 bits per heavy atom. The van der Waals surface area contributed by atoms with Gasteiger partial charge in [-0.2, -0.15) is 0 Å². The molecule has 0 aromatic rings. The molecule has 0 spiro atoms. The monoisotopic (exact) mass is 114 g/mol. The van der Waals surface area contributed by atoms with E-state index in [1.165, 1.54) is 0 Å². The van der Waals surface area contributed by atoms with Gasteiger partial charge in [0.2, 0.25) is 0 Å². The molecule has 0 aliphatic heterocycles. The van der Waals surface area contributed by atoms with Crippen molar-refractivity contribution in [1.29, 1.82) is 0 Å². The lowest BCUT2D eigenvalue weighted by atomic mass is 10.3. The summed E-state index contributed by atoms with van der Waals surface area (Å²) in [5.41, 5.74) is 0. The summed E-state index contributed by atoms with van der Waals surface area (Å²) in [6.07, 6.45) is 1.72. The van der Waals surface area contributed by atoms with E-state index in [1.54, 1.807) is 0 Å². The van der Waals surface area contributed by atoms with Crippen LogP contribution in [0.3, 0.4) is 0 Å². The van der Waals surface area contributed by atoms with Crippen LogP contribution in [0.5, 0.6) is 0 Å². The molecule has 0 rings (SSSR count). The second kappa shape index (κ2) is 9.56. The molecule has 0 aliphatic carbocycles. The van der Waals surface area contributed by atoms with E-state index >= 15 is 0 Å². The van der Waals surface area contributed by atoms with Crippen molar-refractivity contribution in [3.8, 4) is 0 Å². The Balaban J connectivity index is 0. The van der Waals surface area contributed by atoms with Crippen molar-refractivity contribution in [3.63, 3.8) is 0 Å². The summed E-state index contributed by atoms with van der Waals surface area (Å²) >= 11 is 0. The molecule has 48 valence electrons. The maximum absolute atomic E-state index is 8.36. The lowest BCUT2D eigenvalue weighted by Crippen LogP contribution is -1.72. The normalized spacial score (nSPS) is 6.62. The molecular formula is C7H14O. The van der Waals surface area contributed by atoms with Gasteiger partial charge in [-0.05, 0) is 6.42 Å². The first-order valence-corrected chi connectivity index (χ1v) is 2.64. The Morgan fingerprint density at radius 3 is 1.88 bits per heavy atom. The van der Waals surface area contributed by atoms with Gasteiger partial charge in [-0.1, -0.05) is 13.5 Å². The number of rotatable bonds is 2. The number of allylic oxidation sites excluding steroid dienone is 1. The van der Waals surface area contributed by atoms with Crippen LogP contribution < -0.4 is 0 Å². The average Bonchev–Trinajstić information content (AvgIpc) is 1.72. The molecule has 1 heteroatoms. The van der Waals surface area contributed by atoms with E-state index in [0.29, 0.717) is 0 Å². The van der Waals surface area contributed by atoms with Crippen molar-refractivity contribution in [2.75, 3.05) is 0 Å². The van der Waals surface area contributed by atoms with Gasteiger partial charge in [-0.25, -0.2) is 0 Å². The van der Waals surface area contributed by atoms with Crippen LogP contribution in [0, 0.1) is 0 Å². The van der Waals surface area contributed by atoms with Crippen molar-refractivity contribution >= 4 is 0 Å². The first-order valence-electron chi connectivity index (χ1n) is 2.64. The highest BCUT2D eigenvalue weighted by atomic mass is 16.3. The highest BCUT2D eigenvalue weighted by Crippen LogP contribution is 1.93. The van der Waals surface area contributed by atoms with E-state index in [2.05, 4.69) is 19.7 Å². The maximum atomic E-state index is 8.36. The quantitative estimate of drug-likeness (QED) is 0.432. The van der Waals surface area contributed by atoms with E-state index in [9.17, 15) is 0 Å². The summed E-state index contributed by atoms with van der Waals surface area (Å²) in [7, 11) is 0. The standard InChI is InChI=1S/C5H10O.C2H4/c1-3-4-5(2)6;1-2/h6H,2-4H2,1H3;1-2H2. The van der Waals surface area contributed by atoms with Gasteiger partial charge in [0.25, 0.3) is 0 Å². The Labute approximate surface area is 51.3 Å². The zero-order chi connectivity index (χ0) is 6.99. The molecule has 0 saturated heterocycles. The van der Waals surface area contributed by atoms with Gasteiger partial charge in [0.05, 0.1) is 5.76 Å². The third-order valence-electron chi connectivity index (χ3n) is 0.539. The second-order valence-corrected chi connectivity index (χ2v) is 1.32. The van der Waals surface area contributed by atoms with Gasteiger partial charge in [0.1, 0.15) is 0 Å². The molecule has 0 heterocycles. The third kappa shape index (κ3) is 18.6. The summed E-state index contributed by atoms with van der Waals surface area (Å²) in [6.45, 7) is 11.3. The molecule has 0 amide bonds. The molecule has 8 heavy (non-hydrogen) atoms. The molecule has 0 aliphatic rings. The van der Waals surface area contributed by atoms with Gasteiger partial charge < -0.3 is 5.11 Å². The number of aliphatic hydroxyl groups is 1. The number of hydrogen-bond acceptors (Lipinski definition) is 1. The van der Waals surface area contributed by atoms with Crippen LogP contribution in [0.1, 0.15) is 19.8 Å². The second-order valence-electron chi connectivity index (χ2n) is 1.32. The molecule has 0 saturated carbocycles. The van der Waals surface area contributed by atoms with Crippen LogP contribution in [0.25, 0.3) is 0 Å². The Kier molecular flexibility index (Phi) is 12.3. The molecule has 0 unspecified atom stereocenters. The molecule has 0 fully saturated rings. The Morgan fingerprint density at radius 2 is 1.88 bits per heavy atom. The SMILES string of the molecule is C=C.C=C(O)CCC. The molecule has 1 N–H and O–H groups in total. The fourth-order valence-electron chi connectivity index (χ4n) is 0.289. The summed E-state index contributed by atoms with van der Waals surface area (Å²) in [5, 5.41) is 8.36. The number of hydrogen-bond donors (Lipinski definition) is 1. The van der Waals surface area contributed by atoms with Crippen LogP contribution >= 0.6 is 0 Å². The smallest absolute Gasteiger partial charge is 0.0850 e. The highest BCUT2D eigenvalue weighted by Gasteiger charge is 1.79. The molecule has 0 bridgehead atoms. The van der Waals surface area contributed by atoms with Gasteiger partial charge in [0, 0.05) is 6.42 Å². The van der Waals surface area contributed by atoms with Crippen molar-refractivity contribution in [2.24, 2.45) is 0 Å². The topological polar surface area (TPSA) is 20.2 Å². The summed E-state index contributed by atoms with van der Waals surface area (Å²) < 4.78 is 0. The average molecular weight is 114 g/mol. The third-order valence-corrected chi connectivity index (χ3v) is 0.539. The predicted molar refractivity (Wildman–Crippen MR) is 37.9 cm³/mol. The van der Waals surface area contributed by atoms with Crippen LogP contribution in [-0.4, -0.2) is 5.11 Å². The Bertz CT molecular complexity index is 57.4. The van der Waals surface area contributed by atoms with Crippen molar-refractivity contribution in [1.82, 2.24) is 0 Å². The highest BCUT2D eigenvalue weighted by molar-refractivity contribution is 4.76. The fraction of sp³-hybridized carbons (Fsp3) is 0.429. The summed E-state index contributed by atoms with van der Waals surface area (Å²) in [6, 6.07) is 0.